The lowest BCUT2D eigenvalue weighted by Gasteiger charge is -2.30. The van der Waals surface area contributed by atoms with Crippen molar-refractivity contribution in [1.82, 2.24) is 5.32 Å². The number of nitro groups is 1. The number of thioether (sulfide) groups is 1. The lowest BCUT2D eigenvalue weighted by Crippen LogP contribution is -2.36. The van der Waals surface area contributed by atoms with E-state index in [1.807, 2.05) is 11.8 Å². The molecule has 0 bridgehead atoms. The second-order valence-electron chi connectivity index (χ2n) is 4.77. The smallest absolute Gasteiger partial charge is 0.272 e. The molecule has 0 atom stereocenters. The SMILES string of the molecule is CCC(CC)(CNCc1cc(F)cc([N+](=O)[O-])c1)SC. The summed E-state index contributed by atoms with van der Waals surface area (Å²) in [6.07, 6.45) is 4.17. The number of nitro benzene ring substituents is 1. The van der Waals surface area contributed by atoms with Crippen molar-refractivity contribution in [2.24, 2.45) is 0 Å². The van der Waals surface area contributed by atoms with Gasteiger partial charge in [0.05, 0.1) is 11.0 Å². The third-order valence-corrected chi connectivity index (χ3v) is 5.24. The minimum atomic E-state index is -0.573. The summed E-state index contributed by atoms with van der Waals surface area (Å²) in [6, 6.07) is 3.68. The molecule has 0 heterocycles. The molecule has 0 spiro atoms. The average Bonchev–Trinajstić information content (AvgIpc) is 2.43. The van der Waals surface area contributed by atoms with E-state index in [9.17, 15) is 14.5 Å². The maximum atomic E-state index is 13.3. The zero-order chi connectivity index (χ0) is 15.2. The second-order valence-corrected chi connectivity index (χ2v) is 6.05. The Morgan fingerprint density at radius 1 is 1.35 bits per heavy atom. The Hall–Kier alpha value is -1.14. The van der Waals surface area contributed by atoms with E-state index in [2.05, 4.69) is 25.4 Å². The van der Waals surface area contributed by atoms with Crippen molar-refractivity contribution in [2.75, 3.05) is 12.8 Å². The monoisotopic (exact) mass is 300 g/mol. The predicted molar refractivity (Wildman–Crippen MR) is 81.6 cm³/mol. The van der Waals surface area contributed by atoms with E-state index < -0.39 is 10.7 Å². The largest absolute Gasteiger partial charge is 0.311 e. The van der Waals surface area contributed by atoms with Crippen molar-refractivity contribution in [2.45, 2.75) is 38.0 Å². The van der Waals surface area contributed by atoms with Crippen LogP contribution in [0.5, 0.6) is 0 Å². The number of nitrogens with zero attached hydrogens (tertiary/aromatic N) is 1. The number of hydrogen-bond acceptors (Lipinski definition) is 4. The Morgan fingerprint density at radius 2 is 2.00 bits per heavy atom. The molecule has 0 aliphatic carbocycles. The summed E-state index contributed by atoms with van der Waals surface area (Å²) in [5, 5.41) is 14.0. The number of halogens is 1. The van der Waals surface area contributed by atoms with Crippen LogP contribution in [0.3, 0.4) is 0 Å². The number of non-ortho nitro benzene ring substituents is 1. The zero-order valence-electron chi connectivity index (χ0n) is 12.1. The van der Waals surface area contributed by atoms with Crippen molar-refractivity contribution < 1.29 is 9.31 Å². The Morgan fingerprint density at radius 3 is 2.50 bits per heavy atom. The lowest BCUT2D eigenvalue weighted by molar-refractivity contribution is -0.385. The predicted octanol–water partition coefficient (Wildman–Crippen LogP) is 3.75. The molecule has 0 radical (unpaired) electrons. The number of rotatable bonds is 8. The summed E-state index contributed by atoms with van der Waals surface area (Å²) in [4.78, 5) is 10.1. The first kappa shape index (κ1) is 16.9. The van der Waals surface area contributed by atoms with E-state index in [1.165, 1.54) is 12.1 Å². The van der Waals surface area contributed by atoms with Crippen molar-refractivity contribution in [3.8, 4) is 0 Å². The van der Waals surface area contributed by atoms with Crippen LogP contribution >= 0.6 is 11.8 Å². The van der Waals surface area contributed by atoms with Gasteiger partial charge >= 0.3 is 0 Å². The normalized spacial score (nSPS) is 11.6. The molecule has 0 aromatic heterocycles. The minimum absolute atomic E-state index is 0.166. The first-order valence-corrected chi connectivity index (χ1v) is 7.88. The maximum absolute atomic E-state index is 13.3. The summed E-state index contributed by atoms with van der Waals surface area (Å²) < 4.78 is 13.5. The Bertz CT molecular complexity index is 456. The Balaban J connectivity index is 2.68. The van der Waals surface area contributed by atoms with Crippen LogP contribution in [0, 0.1) is 15.9 Å². The minimum Gasteiger partial charge on any atom is -0.311 e. The quantitative estimate of drug-likeness (QED) is 0.587. The number of hydrogen-bond donors (Lipinski definition) is 1. The summed E-state index contributed by atoms with van der Waals surface area (Å²) in [5.41, 5.74) is 0.392. The summed E-state index contributed by atoms with van der Waals surface area (Å²) >= 11 is 1.82. The van der Waals surface area contributed by atoms with Gasteiger partial charge in [-0.1, -0.05) is 13.8 Å². The van der Waals surface area contributed by atoms with Gasteiger partial charge in [0.25, 0.3) is 5.69 Å². The molecule has 0 amide bonds. The molecule has 1 aromatic rings. The van der Waals surface area contributed by atoms with E-state index in [-0.39, 0.29) is 10.4 Å². The van der Waals surface area contributed by atoms with Crippen LogP contribution in [0.25, 0.3) is 0 Å². The lowest BCUT2D eigenvalue weighted by atomic mass is 10.0. The highest BCUT2D eigenvalue weighted by Crippen LogP contribution is 2.29. The molecular weight excluding hydrogens is 279 g/mol. The van der Waals surface area contributed by atoms with Gasteiger partial charge in [0, 0.05) is 23.9 Å². The standard InChI is InChI=1S/C14H21FN2O2S/c1-4-14(5-2,20-3)10-16-9-11-6-12(15)8-13(7-11)17(18)19/h6-8,16H,4-5,9-10H2,1-3H3. The fourth-order valence-corrected chi connectivity index (χ4v) is 2.96. The molecule has 0 saturated heterocycles. The van der Waals surface area contributed by atoms with Gasteiger partial charge in [-0.25, -0.2) is 4.39 Å². The Labute approximate surface area is 123 Å². The molecule has 4 nitrogen and oxygen atoms in total. The molecule has 1 aromatic carbocycles. The average molecular weight is 300 g/mol. The maximum Gasteiger partial charge on any atom is 0.272 e. The number of nitrogens with one attached hydrogen (secondary N) is 1. The summed E-state index contributed by atoms with van der Waals surface area (Å²) in [6.45, 7) is 5.52. The summed E-state index contributed by atoms with van der Waals surface area (Å²) in [5.74, 6) is -0.571. The molecular formula is C14H21FN2O2S. The fraction of sp³-hybridized carbons (Fsp3) is 0.571. The van der Waals surface area contributed by atoms with Crippen LogP contribution in [-0.2, 0) is 6.54 Å². The molecule has 0 unspecified atom stereocenters. The van der Waals surface area contributed by atoms with Crippen LogP contribution in [-0.4, -0.2) is 22.5 Å². The highest BCUT2D eigenvalue weighted by molar-refractivity contribution is 8.00. The van der Waals surface area contributed by atoms with E-state index in [0.29, 0.717) is 12.1 Å². The highest BCUT2D eigenvalue weighted by atomic mass is 32.2. The number of benzene rings is 1. The van der Waals surface area contributed by atoms with Crippen LogP contribution in [0.2, 0.25) is 0 Å². The summed E-state index contributed by atoms with van der Waals surface area (Å²) in [7, 11) is 0. The van der Waals surface area contributed by atoms with E-state index in [0.717, 1.165) is 25.5 Å². The first-order valence-electron chi connectivity index (χ1n) is 6.66. The molecule has 0 aliphatic rings. The molecule has 0 aliphatic heterocycles. The third kappa shape index (κ3) is 4.45. The van der Waals surface area contributed by atoms with Gasteiger partial charge in [-0.05, 0) is 30.7 Å². The molecule has 1 rings (SSSR count). The van der Waals surface area contributed by atoms with Crippen molar-refractivity contribution in [3.05, 3.63) is 39.7 Å². The fourth-order valence-electron chi connectivity index (χ4n) is 2.14. The van der Waals surface area contributed by atoms with Crippen molar-refractivity contribution in [1.29, 1.82) is 0 Å². The van der Waals surface area contributed by atoms with Crippen molar-refractivity contribution in [3.63, 3.8) is 0 Å². The van der Waals surface area contributed by atoms with Gasteiger partial charge < -0.3 is 5.32 Å². The van der Waals surface area contributed by atoms with E-state index in [1.54, 1.807) is 0 Å². The van der Waals surface area contributed by atoms with Gasteiger partial charge in [0.1, 0.15) is 5.82 Å². The second kappa shape index (κ2) is 7.59. The van der Waals surface area contributed by atoms with E-state index in [4.69, 9.17) is 0 Å². The van der Waals surface area contributed by atoms with Gasteiger partial charge in [0.2, 0.25) is 0 Å². The van der Waals surface area contributed by atoms with Gasteiger partial charge in [-0.3, -0.25) is 10.1 Å². The molecule has 6 heteroatoms. The van der Waals surface area contributed by atoms with Gasteiger partial charge in [-0.15, -0.1) is 0 Å². The van der Waals surface area contributed by atoms with Crippen molar-refractivity contribution >= 4 is 17.4 Å². The third-order valence-electron chi connectivity index (χ3n) is 3.65. The molecule has 112 valence electrons. The zero-order valence-corrected chi connectivity index (χ0v) is 12.9. The first-order chi connectivity index (χ1) is 9.46. The molecule has 0 saturated carbocycles. The van der Waals surface area contributed by atoms with Crippen LogP contribution in [0.15, 0.2) is 18.2 Å². The molecule has 0 fully saturated rings. The topological polar surface area (TPSA) is 55.2 Å². The van der Waals surface area contributed by atoms with Crippen LogP contribution < -0.4 is 5.32 Å². The molecule has 20 heavy (non-hydrogen) atoms. The van der Waals surface area contributed by atoms with E-state index >= 15 is 0 Å². The van der Waals surface area contributed by atoms with Gasteiger partial charge in [0.15, 0.2) is 0 Å². The van der Waals surface area contributed by atoms with Gasteiger partial charge in [-0.2, -0.15) is 11.8 Å². The molecule has 1 N–H and O–H groups in total. The Kier molecular flexibility index (Phi) is 6.42. The van der Waals surface area contributed by atoms with Crippen LogP contribution in [0.4, 0.5) is 10.1 Å². The highest BCUT2D eigenvalue weighted by Gasteiger charge is 2.24. The van der Waals surface area contributed by atoms with Crippen LogP contribution in [0.1, 0.15) is 32.3 Å².